The van der Waals surface area contributed by atoms with E-state index in [0.717, 1.165) is 11.3 Å². The average Bonchev–Trinajstić information content (AvgIpc) is 2.99. The van der Waals surface area contributed by atoms with E-state index in [1.807, 2.05) is 0 Å². The van der Waals surface area contributed by atoms with E-state index < -0.39 is 9.84 Å². The lowest BCUT2D eigenvalue weighted by Gasteiger charge is -1.96. The molecular weight excluding hydrogens is 294 g/mol. The van der Waals surface area contributed by atoms with Crippen LogP contribution in [-0.2, 0) is 9.84 Å². The van der Waals surface area contributed by atoms with E-state index in [9.17, 15) is 13.2 Å². The van der Waals surface area contributed by atoms with Gasteiger partial charge in [0.2, 0.25) is 19.3 Å². The number of carbonyl (C=O) groups is 1. The summed E-state index contributed by atoms with van der Waals surface area (Å²) in [5.74, 6) is -0.359. The molecule has 0 atom stereocenters. The molecule has 0 aliphatic carbocycles. The van der Waals surface area contributed by atoms with Crippen LogP contribution in [0.1, 0.15) is 16.6 Å². The van der Waals surface area contributed by atoms with Crippen LogP contribution < -0.4 is 5.32 Å². The predicted octanol–water partition coefficient (Wildman–Crippen LogP) is 1.65. The van der Waals surface area contributed by atoms with Crippen molar-refractivity contribution in [2.24, 2.45) is 0 Å². The first-order valence-corrected chi connectivity index (χ1v) is 8.29. The second kappa shape index (κ2) is 5.12. The summed E-state index contributed by atoms with van der Waals surface area (Å²) in [5, 5.41) is 11.7. The van der Waals surface area contributed by atoms with E-state index >= 15 is 0 Å². The van der Waals surface area contributed by atoms with Gasteiger partial charge in [0.05, 0.1) is 10.6 Å². The van der Waals surface area contributed by atoms with Crippen molar-refractivity contribution in [1.82, 2.24) is 10.2 Å². The van der Waals surface area contributed by atoms with Crippen molar-refractivity contribution in [1.29, 1.82) is 0 Å². The van der Waals surface area contributed by atoms with Gasteiger partial charge in [-0.1, -0.05) is 24.3 Å². The van der Waals surface area contributed by atoms with Gasteiger partial charge in [0, 0.05) is 0 Å². The molecule has 1 amide bonds. The Morgan fingerprint density at radius 2 is 2.22 bits per heavy atom. The van der Waals surface area contributed by atoms with Crippen molar-refractivity contribution < 1.29 is 13.2 Å². The van der Waals surface area contributed by atoms with E-state index in [1.165, 1.54) is 18.3 Å². The van der Waals surface area contributed by atoms with Gasteiger partial charge >= 0.3 is 0 Å². The minimum absolute atomic E-state index is 0.0412. The van der Waals surface area contributed by atoms with Crippen LogP contribution in [0.15, 0.2) is 21.9 Å². The number of nitrogens with one attached hydrogen (secondary N) is 1. The number of nitrogens with zero attached hydrogens (tertiary/aromatic N) is 2. The molecule has 0 radical (unpaired) electrons. The second-order valence-corrected chi connectivity index (χ2v) is 7.59. The number of carbonyl (C=O) groups excluding carboxylic acids is 1. The van der Waals surface area contributed by atoms with Gasteiger partial charge in [0.25, 0.3) is 5.91 Å². The topological polar surface area (TPSA) is 89.0 Å². The fraction of sp³-hybridized carbons (Fsp3) is 0.222. The van der Waals surface area contributed by atoms with Gasteiger partial charge in [-0.15, -0.1) is 21.5 Å². The van der Waals surface area contributed by atoms with Gasteiger partial charge in [-0.3, -0.25) is 10.1 Å². The standard InChI is InChI=1S/C9H9N3O3S3/c1-2-18(14,15)9-12-11-8(17-9)10-7(13)6-4-3-5-16-6/h3-5H,2H2,1H3,(H,10,11,13). The van der Waals surface area contributed by atoms with E-state index in [2.05, 4.69) is 15.5 Å². The molecule has 2 rings (SSSR count). The Hall–Kier alpha value is -1.32. The first kappa shape index (κ1) is 13.1. The Bertz CT molecular complexity index is 646. The number of aromatic nitrogens is 2. The number of rotatable bonds is 4. The Morgan fingerprint density at radius 1 is 1.44 bits per heavy atom. The van der Waals surface area contributed by atoms with E-state index in [4.69, 9.17) is 0 Å². The Kier molecular flexibility index (Phi) is 3.73. The Labute approximate surface area is 112 Å². The summed E-state index contributed by atoms with van der Waals surface area (Å²) < 4.78 is 23.0. The molecule has 0 saturated carbocycles. The molecule has 2 aromatic heterocycles. The van der Waals surface area contributed by atoms with Crippen LogP contribution in [0.3, 0.4) is 0 Å². The summed E-state index contributed by atoms with van der Waals surface area (Å²) in [6, 6.07) is 3.43. The van der Waals surface area contributed by atoms with Crippen molar-refractivity contribution in [3.05, 3.63) is 22.4 Å². The summed E-state index contributed by atoms with van der Waals surface area (Å²) in [6.07, 6.45) is 0. The lowest BCUT2D eigenvalue weighted by molar-refractivity contribution is 0.103. The van der Waals surface area contributed by atoms with Crippen molar-refractivity contribution in [3.63, 3.8) is 0 Å². The summed E-state index contributed by atoms with van der Waals surface area (Å²) in [5.41, 5.74) is 0. The second-order valence-electron chi connectivity index (χ2n) is 3.21. The lowest BCUT2D eigenvalue weighted by Crippen LogP contribution is -2.09. The van der Waals surface area contributed by atoms with Gasteiger partial charge in [0.1, 0.15) is 0 Å². The molecule has 0 saturated heterocycles. The molecule has 0 spiro atoms. The fourth-order valence-corrected chi connectivity index (χ4v) is 3.68. The molecule has 9 heteroatoms. The highest BCUT2D eigenvalue weighted by atomic mass is 32.2. The molecule has 0 bridgehead atoms. The highest BCUT2D eigenvalue weighted by Gasteiger charge is 2.19. The van der Waals surface area contributed by atoms with Crippen molar-refractivity contribution in [2.75, 3.05) is 11.1 Å². The first-order chi connectivity index (χ1) is 8.53. The zero-order valence-corrected chi connectivity index (χ0v) is 11.7. The van der Waals surface area contributed by atoms with Crippen molar-refractivity contribution in [3.8, 4) is 0 Å². The molecule has 0 unspecified atom stereocenters. The highest BCUT2D eigenvalue weighted by molar-refractivity contribution is 7.93. The minimum atomic E-state index is -3.37. The molecule has 6 nitrogen and oxygen atoms in total. The molecule has 18 heavy (non-hydrogen) atoms. The third-order valence-corrected chi connectivity index (χ3v) is 5.91. The van der Waals surface area contributed by atoms with Crippen molar-refractivity contribution in [2.45, 2.75) is 11.3 Å². The molecule has 1 N–H and O–H groups in total. The number of hydrogen-bond acceptors (Lipinski definition) is 7. The molecular formula is C9H9N3O3S3. The number of anilines is 1. The van der Waals surface area contributed by atoms with Crippen LogP contribution in [-0.4, -0.2) is 30.3 Å². The summed E-state index contributed by atoms with van der Waals surface area (Å²) >= 11 is 2.15. The van der Waals surface area contributed by atoms with Crippen LogP contribution in [0.2, 0.25) is 0 Å². The zero-order valence-electron chi connectivity index (χ0n) is 9.28. The summed E-state index contributed by atoms with van der Waals surface area (Å²) in [6.45, 7) is 1.53. The van der Waals surface area contributed by atoms with Gasteiger partial charge in [0.15, 0.2) is 0 Å². The third-order valence-electron chi connectivity index (χ3n) is 2.02. The zero-order chi connectivity index (χ0) is 13.2. The van der Waals surface area contributed by atoms with Gasteiger partial charge < -0.3 is 0 Å². The molecule has 96 valence electrons. The summed E-state index contributed by atoms with van der Waals surface area (Å²) in [7, 11) is -3.37. The fourth-order valence-electron chi connectivity index (χ4n) is 1.08. The average molecular weight is 303 g/mol. The molecule has 0 aromatic carbocycles. The van der Waals surface area contributed by atoms with E-state index in [1.54, 1.807) is 17.5 Å². The normalized spacial score (nSPS) is 11.4. The Balaban J connectivity index is 2.15. The molecule has 0 aliphatic heterocycles. The SMILES string of the molecule is CCS(=O)(=O)c1nnc(NC(=O)c2cccs2)s1. The molecule has 0 fully saturated rings. The van der Waals surface area contributed by atoms with Gasteiger partial charge in [-0.25, -0.2) is 8.42 Å². The number of sulfone groups is 1. The number of thiophene rings is 1. The van der Waals surface area contributed by atoms with Crippen LogP contribution in [0, 0.1) is 0 Å². The molecule has 2 aromatic rings. The number of amides is 1. The van der Waals surface area contributed by atoms with Crippen molar-refractivity contribution >= 4 is 43.5 Å². The Morgan fingerprint density at radius 3 is 2.83 bits per heavy atom. The lowest BCUT2D eigenvalue weighted by atomic mass is 10.4. The maximum Gasteiger partial charge on any atom is 0.267 e. The quantitative estimate of drug-likeness (QED) is 0.867. The van der Waals surface area contributed by atoms with E-state index in [-0.39, 0.29) is 21.1 Å². The monoisotopic (exact) mass is 303 g/mol. The van der Waals surface area contributed by atoms with E-state index in [0.29, 0.717) is 4.88 Å². The predicted molar refractivity (Wildman–Crippen MR) is 69.9 cm³/mol. The first-order valence-electron chi connectivity index (χ1n) is 4.94. The number of hydrogen-bond donors (Lipinski definition) is 1. The molecule has 0 aliphatic rings. The summed E-state index contributed by atoms with van der Waals surface area (Å²) in [4.78, 5) is 12.2. The maximum atomic E-state index is 11.7. The third kappa shape index (κ3) is 2.74. The molecule has 2 heterocycles. The maximum absolute atomic E-state index is 11.7. The van der Waals surface area contributed by atoms with Gasteiger partial charge in [-0.2, -0.15) is 0 Å². The van der Waals surface area contributed by atoms with Crippen LogP contribution in [0.5, 0.6) is 0 Å². The minimum Gasteiger partial charge on any atom is -0.296 e. The van der Waals surface area contributed by atoms with Crippen LogP contribution in [0.25, 0.3) is 0 Å². The van der Waals surface area contributed by atoms with Crippen LogP contribution >= 0.6 is 22.7 Å². The highest BCUT2D eigenvalue weighted by Crippen LogP contribution is 2.21. The largest absolute Gasteiger partial charge is 0.296 e. The van der Waals surface area contributed by atoms with Gasteiger partial charge in [-0.05, 0) is 11.4 Å². The van der Waals surface area contributed by atoms with Crippen LogP contribution in [0.4, 0.5) is 5.13 Å². The smallest absolute Gasteiger partial charge is 0.267 e.